The van der Waals surface area contributed by atoms with Gasteiger partial charge in [-0.25, -0.2) is 4.79 Å². The minimum atomic E-state index is -1.18. The van der Waals surface area contributed by atoms with Crippen molar-refractivity contribution in [3.8, 4) is 0 Å². The maximum Gasteiger partial charge on any atom is 0.337 e. The Morgan fingerprint density at radius 2 is 1.92 bits per heavy atom. The quantitative estimate of drug-likeness (QED) is 0.502. The van der Waals surface area contributed by atoms with E-state index in [0.717, 1.165) is 11.1 Å². The average Bonchev–Trinajstić information content (AvgIpc) is 2.75. The van der Waals surface area contributed by atoms with Crippen molar-refractivity contribution in [2.24, 2.45) is 11.8 Å². The Morgan fingerprint density at radius 1 is 1.29 bits per heavy atom. The highest BCUT2D eigenvalue weighted by molar-refractivity contribution is 6.12. The molecule has 2 saturated heterocycles. The molecule has 0 spiro atoms. The zero-order valence-corrected chi connectivity index (χ0v) is 13.9. The fraction of sp³-hybridized carbons (Fsp3) is 0.500. The molecule has 0 aromatic heterocycles. The van der Waals surface area contributed by atoms with Crippen LogP contribution in [0.4, 0.5) is 0 Å². The van der Waals surface area contributed by atoms with Crippen molar-refractivity contribution in [3.05, 3.63) is 35.4 Å². The van der Waals surface area contributed by atoms with Crippen LogP contribution >= 0.6 is 0 Å². The van der Waals surface area contributed by atoms with E-state index in [0.29, 0.717) is 0 Å². The lowest BCUT2D eigenvalue weighted by molar-refractivity contribution is -0.173. The molecule has 0 radical (unpaired) electrons. The van der Waals surface area contributed by atoms with Gasteiger partial charge in [-0.15, -0.1) is 0 Å². The van der Waals surface area contributed by atoms with Crippen LogP contribution in [-0.2, 0) is 25.7 Å². The molecule has 24 heavy (non-hydrogen) atoms. The molecule has 6 heteroatoms. The molecule has 2 heterocycles. The van der Waals surface area contributed by atoms with Crippen molar-refractivity contribution in [1.82, 2.24) is 4.90 Å². The lowest BCUT2D eigenvalue weighted by Gasteiger charge is -2.46. The van der Waals surface area contributed by atoms with Gasteiger partial charge >= 0.3 is 5.97 Å². The van der Waals surface area contributed by atoms with Gasteiger partial charge in [0.2, 0.25) is 5.91 Å². The Hall–Kier alpha value is -2.21. The monoisotopic (exact) mass is 331 g/mol. The second kappa shape index (κ2) is 6.02. The van der Waals surface area contributed by atoms with Crippen LogP contribution in [0.15, 0.2) is 24.3 Å². The number of aryl methyl sites for hydroxylation is 1. The third kappa shape index (κ3) is 2.51. The topological polar surface area (TPSA) is 83.9 Å². The van der Waals surface area contributed by atoms with Gasteiger partial charge in [-0.3, -0.25) is 9.59 Å². The molecule has 1 aromatic carbocycles. The molecule has 1 unspecified atom stereocenters. The minimum Gasteiger partial charge on any atom is -0.459 e. The molecular weight excluding hydrogens is 310 g/mol. The summed E-state index contributed by atoms with van der Waals surface area (Å²) in [6.07, 6.45) is -0.837. The van der Waals surface area contributed by atoms with Crippen LogP contribution in [0, 0.1) is 18.8 Å². The number of ketones is 1. The lowest BCUT2D eigenvalue weighted by Crippen LogP contribution is -2.65. The molecule has 0 bridgehead atoms. The van der Waals surface area contributed by atoms with E-state index in [1.807, 2.05) is 31.2 Å². The van der Waals surface area contributed by atoms with Gasteiger partial charge in [0, 0.05) is 5.92 Å². The van der Waals surface area contributed by atoms with E-state index in [-0.39, 0.29) is 18.3 Å². The van der Waals surface area contributed by atoms with E-state index in [2.05, 4.69) is 0 Å². The summed E-state index contributed by atoms with van der Waals surface area (Å²) in [6.45, 7) is 5.24. The summed E-state index contributed by atoms with van der Waals surface area (Å²) in [7, 11) is 0. The van der Waals surface area contributed by atoms with Crippen LogP contribution in [-0.4, -0.2) is 45.9 Å². The van der Waals surface area contributed by atoms with Gasteiger partial charge in [0.15, 0.2) is 11.8 Å². The predicted octanol–water partition coefficient (Wildman–Crippen LogP) is 0.833. The van der Waals surface area contributed by atoms with Crippen LogP contribution < -0.4 is 0 Å². The fourth-order valence-corrected chi connectivity index (χ4v) is 3.60. The number of aliphatic hydroxyl groups is 1. The summed E-state index contributed by atoms with van der Waals surface area (Å²) >= 11 is 0. The average molecular weight is 331 g/mol. The fourth-order valence-electron chi connectivity index (χ4n) is 3.60. The normalized spacial score (nSPS) is 29.9. The first kappa shape index (κ1) is 16.6. The first-order valence-electron chi connectivity index (χ1n) is 8.09. The summed E-state index contributed by atoms with van der Waals surface area (Å²) in [5, 5.41) is 9.72. The molecule has 5 atom stereocenters. The third-order valence-corrected chi connectivity index (χ3v) is 4.98. The van der Waals surface area contributed by atoms with E-state index in [1.54, 1.807) is 6.92 Å². The van der Waals surface area contributed by atoms with Gasteiger partial charge in [0.05, 0.1) is 18.1 Å². The first-order valence-corrected chi connectivity index (χ1v) is 8.09. The minimum absolute atomic E-state index is 0.0593. The number of carbonyl (C=O) groups excluding carboxylic acids is 3. The maximum absolute atomic E-state index is 12.4. The van der Waals surface area contributed by atoms with E-state index >= 15 is 0 Å². The Morgan fingerprint density at radius 3 is 2.50 bits per heavy atom. The number of amides is 1. The van der Waals surface area contributed by atoms with Crippen LogP contribution in [0.2, 0.25) is 0 Å². The molecular formula is C18H21NO5. The molecule has 1 N–H and O–H groups in total. The second-order valence-electron chi connectivity index (χ2n) is 6.69. The number of carbonyl (C=O) groups is 3. The van der Waals surface area contributed by atoms with E-state index in [1.165, 1.54) is 11.8 Å². The number of hydrogen-bond acceptors (Lipinski definition) is 5. The Kier molecular flexibility index (Phi) is 4.17. The van der Waals surface area contributed by atoms with Crippen LogP contribution in [0.25, 0.3) is 0 Å². The number of benzene rings is 1. The summed E-state index contributed by atoms with van der Waals surface area (Å²) in [4.78, 5) is 38.2. The van der Waals surface area contributed by atoms with Gasteiger partial charge in [0.1, 0.15) is 6.61 Å². The summed E-state index contributed by atoms with van der Waals surface area (Å²) < 4.78 is 5.25. The number of aliphatic hydroxyl groups excluding tert-OH is 1. The number of nitrogens with zero attached hydrogens (tertiary/aromatic N) is 1. The molecule has 128 valence electrons. The zero-order chi connectivity index (χ0) is 17.6. The largest absolute Gasteiger partial charge is 0.459 e. The van der Waals surface area contributed by atoms with Gasteiger partial charge in [-0.05, 0) is 19.4 Å². The third-order valence-electron chi connectivity index (χ3n) is 4.98. The number of Topliss-reactive ketones (excluding diaryl/α,β-unsaturated/α-hetero) is 1. The summed E-state index contributed by atoms with van der Waals surface area (Å²) in [6, 6.07) is 5.92. The van der Waals surface area contributed by atoms with Crippen LogP contribution in [0.1, 0.15) is 25.0 Å². The standard InChI is InChI=1S/C18H21NO5/c1-9-4-6-12(7-5-9)8-24-18(23)15-16(21)10(2)14-13(11(3)20)17(22)19(14)15/h4-7,10-11,13-15,20H,8H2,1-3H3/t10-,11-,13-,14-,15?/m1/s1. The Labute approximate surface area is 140 Å². The number of β-lactam (4-membered cyclic amide) rings is 1. The smallest absolute Gasteiger partial charge is 0.337 e. The molecule has 3 rings (SSSR count). The van der Waals surface area contributed by atoms with Crippen LogP contribution in [0.5, 0.6) is 0 Å². The highest BCUT2D eigenvalue weighted by Gasteiger charge is 2.64. The number of hydrogen-bond donors (Lipinski definition) is 1. The van der Waals surface area contributed by atoms with Crippen molar-refractivity contribution >= 4 is 17.7 Å². The van der Waals surface area contributed by atoms with E-state index in [9.17, 15) is 19.5 Å². The predicted molar refractivity (Wildman–Crippen MR) is 84.7 cm³/mol. The van der Waals surface area contributed by atoms with Gasteiger partial charge in [-0.2, -0.15) is 0 Å². The summed E-state index contributed by atoms with van der Waals surface area (Å²) in [5.41, 5.74) is 1.92. The molecule has 0 saturated carbocycles. The van der Waals surface area contributed by atoms with Crippen molar-refractivity contribution in [2.45, 2.75) is 45.6 Å². The van der Waals surface area contributed by atoms with Crippen molar-refractivity contribution in [1.29, 1.82) is 0 Å². The number of rotatable bonds is 4. The van der Waals surface area contributed by atoms with Gasteiger partial charge in [0.25, 0.3) is 0 Å². The first-order chi connectivity index (χ1) is 11.3. The van der Waals surface area contributed by atoms with Crippen LogP contribution in [0.3, 0.4) is 0 Å². The Bertz CT molecular complexity index is 681. The van der Waals surface area contributed by atoms with Crippen molar-refractivity contribution in [3.63, 3.8) is 0 Å². The van der Waals surface area contributed by atoms with E-state index in [4.69, 9.17) is 4.74 Å². The summed E-state index contributed by atoms with van der Waals surface area (Å²) in [5.74, 6) is -2.46. The molecule has 2 fully saturated rings. The van der Waals surface area contributed by atoms with Gasteiger partial charge in [-0.1, -0.05) is 36.8 Å². The molecule has 2 aliphatic rings. The lowest BCUT2D eigenvalue weighted by atomic mass is 9.79. The van der Waals surface area contributed by atoms with Gasteiger partial charge < -0.3 is 14.7 Å². The molecule has 0 aliphatic carbocycles. The number of ether oxygens (including phenoxy) is 1. The van der Waals surface area contributed by atoms with E-state index < -0.39 is 36.0 Å². The highest BCUT2D eigenvalue weighted by atomic mass is 16.5. The Balaban J connectivity index is 1.70. The number of esters is 1. The molecule has 6 nitrogen and oxygen atoms in total. The molecule has 2 aliphatic heterocycles. The maximum atomic E-state index is 12.4. The van der Waals surface area contributed by atoms with Crippen molar-refractivity contribution in [2.75, 3.05) is 0 Å². The molecule has 1 aromatic rings. The zero-order valence-electron chi connectivity index (χ0n) is 13.9. The number of fused-ring (bicyclic) bond motifs is 1. The molecule has 1 amide bonds. The second-order valence-corrected chi connectivity index (χ2v) is 6.69. The highest BCUT2D eigenvalue weighted by Crippen LogP contribution is 2.43. The van der Waals surface area contributed by atoms with Crippen molar-refractivity contribution < 1.29 is 24.2 Å². The SMILES string of the molecule is Cc1ccc(COC(=O)C2C(=O)[C@H](C)[C@@H]3[C@@H]([C@@H](C)O)C(=O)N23)cc1.